The number of rotatable bonds is 6. The topological polar surface area (TPSA) is 99.5 Å². The molecular weight excluding hydrogens is 360 g/mol. The fraction of sp³-hybridized carbons (Fsp3) is 0.368. The third-order valence-corrected chi connectivity index (χ3v) is 5.43. The normalized spacial score (nSPS) is 12.3. The second kappa shape index (κ2) is 7.96. The van der Waals surface area contributed by atoms with Crippen LogP contribution in [0.15, 0.2) is 29.4 Å². The molecule has 0 fully saturated rings. The van der Waals surface area contributed by atoms with E-state index in [1.165, 1.54) is 11.8 Å². The molecule has 3 N–H and O–H groups in total. The van der Waals surface area contributed by atoms with Crippen molar-refractivity contribution in [1.29, 1.82) is 5.41 Å². The van der Waals surface area contributed by atoms with E-state index in [1.54, 1.807) is 4.57 Å². The maximum Gasteiger partial charge on any atom is 0.230 e. The van der Waals surface area contributed by atoms with E-state index in [1.807, 2.05) is 52.0 Å². The maximum atomic E-state index is 12.2. The minimum atomic E-state index is -0.0441. The zero-order valence-corrected chi connectivity index (χ0v) is 16.8. The van der Waals surface area contributed by atoms with E-state index in [0.717, 1.165) is 23.4 Å². The second-order valence-corrected chi connectivity index (χ2v) is 7.52. The summed E-state index contributed by atoms with van der Waals surface area (Å²) in [5.74, 6) is 0.190. The zero-order chi connectivity index (χ0) is 19.6. The highest BCUT2D eigenvalue weighted by Gasteiger charge is 2.17. The first-order valence-corrected chi connectivity index (χ1v) is 9.91. The quantitative estimate of drug-likeness (QED) is 0.449. The molecule has 1 aromatic carbocycles. The molecule has 0 bridgehead atoms. The number of thioether (sulfide) groups is 1. The summed E-state index contributed by atoms with van der Waals surface area (Å²) in [6.07, 6.45) is 0.882. The average Bonchev–Trinajstić information content (AvgIpc) is 3.02. The fourth-order valence-electron chi connectivity index (χ4n) is 2.81. The van der Waals surface area contributed by atoms with Crippen LogP contribution in [0.3, 0.4) is 0 Å². The summed E-state index contributed by atoms with van der Waals surface area (Å²) in [5.41, 5.74) is 3.51. The minimum Gasteiger partial charge on any atom is -0.353 e. The molecule has 7 nitrogen and oxygen atoms in total. The van der Waals surface area contributed by atoms with Gasteiger partial charge in [-0.1, -0.05) is 36.9 Å². The number of para-hydroxylation sites is 1. The van der Waals surface area contributed by atoms with Crippen LogP contribution < -0.4 is 10.8 Å². The molecule has 3 rings (SSSR count). The Kier molecular flexibility index (Phi) is 5.65. The first-order valence-electron chi connectivity index (χ1n) is 8.92. The molecule has 8 heteroatoms. The van der Waals surface area contributed by atoms with E-state index in [-0.39, 0.29) is 17.7 Å². The van der Waals surface area contributed by atoms with Crippen LogP contribution in [0.2, 0.25) is 0 Å². The zero-order valence-electron chi connectivity index (χ0n) is 16.0. The van der Waals surface area contributed by atoms with Crippen molar-refractivity contribution in [3.8, 4) is 5.69 Å². The molecule has 0 aliphatic carbocycles. The Balaban J connectivity index is 2.06. The van der Waals surface area contributed by atoms with E-state index < -0.39 is 0 Å². The van der Waals surface area contributed by atoms with Crippen molar-refractivity contribution in [3.05, 3.63) is 41.0 Å². The summed E-state index contributed by atoms with van der Waals surface area (Å²) >= 11 is 1.32. The molecule has 1 unspecified atom stereocenters. The molecule has 0 saturated carbocycles. The summed E-state index contributed by atoms with van der Waals surface area (Å²) in [6.45, 7) is 7.89. The lowest BCUT2D eigenvalue weighted by atomic mass is 10.2. The number of nitrogens with one attached hydrogen (secondary N) is 3. The predicted molar refractivity (Wildman–Crippen MR) is 107 cm³/mol. The lowest BCUT2D eigenvalue weighted by Gasteiger charge is -2.16. The minimum absolute atomic E-state index is 0.0441. The van der Waals surface area contributed by atoms with E-state index >= 15 is 0 Å². The number of aromatic nitrogens is 4. The lowest BCUT2D eigenvalue weighted by molar-refractivity contribution is -0.119. The van der Waals surface area contributed by atoms with Crippen LogP contribution in [0.1, 0.15) is 31.5 Å². The van der Waals surface area contributed by atoms with E-state index in [9.17, 15) is 4.79 Å². The van der Waals surface area contributed by atoms with Gasteiger partial charge in [0, 0.05) is 11.7 Å². The van der Waals surface area contributed by atoms with Crippen LogP contribution >= 0.6 is 11.8 Å². The van der Waals surface area contributed by atoms with Crippen LogP contribution in [0.25, 0.3) is 16.7 Å². The van der Waals surface area contributed by atoms with Crippen LogP contribution in [-0.2, 0) is 4.79 Å². The monoisotopic (exact) mass is 384 g/mol. The molecule has 142 valence electrons. The number of benzene rings is 1. The number of nitrogens with zero attached hydrogens (tertiary/aromatic N) is 3. The average molecular weight is 385 g/mol. The van der Waals surface area contributed by atoms with Gasteiger partial charge >= 0.3 is 0 Å². The molecule has 0 aliphatic rings. The highest BCUT2D eigenvalue weighted by atomic mass is 32.2. The Morgan fingerprint density at radius 1 is 1.37 bits per heavy atom. The van der Waals surface area contributed by atoms with Gasteiger partial charge in [0.25, 0.3) is 0 Å². The molecule has 1 amide bonds. The van der Waals surface area contributed by atoms with E-state index in [2.05, 4.69) is 20.5 Å². The Bertz CT molecular complexity index is 1040. The van der Waals surface area contributed by atoms with Crippen molar-refractivity contribution >= 4 is 28.7 Å². The largest absolute Gasteiger partial charge is 0.353 e. The Labute approximate surface area is 162 Å². The molecular formula is C19H24N6OS. The van der Waals surface area contributed by atoms with Gasteiger partial charge in [-0.2, -0.15) is 5.10 Å². The Hall–Kier alpha value is -2.61. The van der Waals surface area contributed by atoms with Crippen molar-refractivity contribution in [2.75, 3.05) is 5.75 Å². The van der Waals surface area contributed by atoms with Crippen LogP contribution in [0, 0.1) is 19.3 Å². The molecule has 3 aromatic rings. The first-order chi connectivity index (χ1) is 12.9. The Morgan fingerprint density at radius 2 is 2.11 bits per heavy atom. The SMILES string of the molecule is CCC(C)NC(=O)CSc1nc2n[nH]c(C)c2c(=N)n1-c1ccccc1C. The number of hydrogen-bond donors (Lipinski definition) is 3. The van der Waals surface area contributed by atoms with Crippen molar-refractivity contribution in [2.45, 2.75) is 45.3 Å². The van der Waals surface area contributed by atoms with Crippen molar-refractivity contribution in [1.82, 2.24) is 25.1 Å². The highest BCUT2D eigenvalue weighted by Crippen LogP contribution is 2.23. The number of fused-ring (bicyclic) bond motifs is 1. The molecule has 0 spiro atoms. The molecule has 2 heterocycles. The summed E-state index contributed by atoms with van der Waals surface area (Å²) in [4.78, 5) is 16.8. The molecule has 1 atom stereocenters. The first kappa shape index (κ1) is 19.2. The number of carbonyl (C=O) groups is 1. The smallest absolute Gasteiger partial charge is 0.230 e. The number of aryl methyl sites for hydroxylation is 2. The summed E-state index contributed by atoms with van der Waals surface area (Å²) in [7, 11) is 0. The Morgan fingerprint density at radius 3 is 2.81 bits per heavy atom. The van der Waals surface area contributed by atoms with Crippen LogP contribution in [-0.4, -0.2) is 37.5 Å². The highest BCUT2D eigenvalue weighted by molar-refractivity contribution is 7.99. The molecule has 0 saturated heterocycles. The number of amides is 1. The molecule has 0 radical (unpaired) electrons. The maximum absolute atomic E-state index is 12.2. The van der Waals surface area contributed by atoms with Crippen molar-refractivity contribution in [2.24, 2.45) is 0 Å². The van der Waals surface area contributed by atoms with Gasteiger partial charge in [-0.3, -0.25) is 19.9 Å². The number of aromatic amines is 1. The summed E-state index contributed by atoms with van der Waals surface area (Å²) < 4.78 is 1.79. The lowest BCUT2D eigenvalue weighted by Crippen LogP contribution is -2.33. The predicted octanol–water partition coefficient (Wildman–Crippen LogP) is 2.85. The van der Waals surface area contributed by atoms with Gasteiger partial charge in [-0.15, -0.1) is 0 Å². The third-order valence-electron chi connectivity index (χ3n) is 4.49. The number of carbonyl (C=O) groups excluding carboxylic acids is 1. The van der Waals surface area contributed by atoms with Gasteiger partial charge in [0.2, 0.25) is 5.91 Å². The molecule has 2 aromatic heterocycles. The van der Waals surface area contributed by atoms with Gasteiger partial charge in [-0.25, -0.2) is 4.98 Å². The van der Waals surface area contributed by atoms with Gasteiger partial charge in [0.15, 0.2) is 10.8 Å². The number of hydrogen-bond acceptors (Lipinski definition) is 5. The van der Waals surface area contributed by atoms with Gasteiger partial charge in [0.1, 0.15) is 5.49 Å². The summed E-state index contributed by atoms with van der Waals surface area (Å²) in [5, 5.41) is 20.1. The van der Waals surface area contributed by atoms with E-state index in [0.29, 0.717) is 21.7 Å². The van der Waals surface area contributed by atoms with Gasteiger partial charge < -0.3 is 5.32 Å². The standard InChI is InChI=1S/C19H24N6OS/c1-5-12(3)21-15(26)10-27-19-22-18-16(13(4)23-24-18)17(20)25(19)14-9-7-6-8-11(14)2/h6-9,12,20H,5,10H2,1-4H3,(H,21,26)(H,23,24). The van der Waals surface area contributed by atoms with Crippen LogP contribution in [0.4, 0.5) is 0 Å². The van der Waals surface area contributed by atoms with Gasteiger partial charge in [0.05, 0.1) is 16.8 Å². The van der Waals surface area contributed by atoms with E-state index in [4.69, 9.17) is 5.41 Å². The van der Waals surface area contributed by atoms with Crippen molar-refractivity contribution < 1.29 is 4.79 Å². The molecule has 0 aliphatic heterocycles. The van der Waals surface area contributed by atoms with Crippen LogP contribution in [0.5, 0.6) is 0 Å². The molecule has 27 heavy (non-hydrogen) atoms. The fourth-order valence-corrected chi connectivity index (χ4v) is 3.63. The van der Waals surface area contributed by atoms with Gasteiger partial charge in [-0.05, 0) is 38.8 Å². The van der Waals surface area contributed by atoms with Crippen molar-refractivity contribution in [3.63, 3.8) is 0 Å². The number of H-pyrrole nitrogens is 1. The summed E-state index contributed by atoms with van der Waals surface area (Å²) in [6, 6.07) is 7.99. The second-order valence-electron chi connectivity index (χ2n) is 6.58. The third kappa shape index (κ3) is 3.90.